The van der Waals surface area contributed by atoms with Crippen molar-refractivity contribution in [3.8, 4) is 0 Å². The number of carbonyl (C=O) groups excluding carboxylic acids is 1. The van der Waals surface area contributed by atoms with Gasteiger partial charge in [0.05, 0.1) is 12.4 Å². The van der Waals surface area contributed by atoms with E-state index >= 15 is 0 Å². The zero-order valence-electron chi connectivity index (χ0n) is 11.1. The van der Waals surface area contributed by atoms with Crippen molar-refractivity contribution in [3.05, 3.63) is 18.1 Å². The second-order valence-corrected chi connectivity index (χ2v) is 5.03. The molecule has 1 fully saturated rings. The summed E-state index contributed by atoms with van der Waals surface area (Å²) in [5.74, 6) is 1.73. The van der Waals surface area contributed by atoms with Gasteiger partial charge in [-0.2, -0.15) is 0 Å². The molecule has 3 unspecified atom stereocenters. The van der Waals surface area contributed by atoms with Crippen molar-refractivity contribution in [2.24, 2.45) is 11.8 Å². The number of rotatable bonds is 3. The third-order valence-corrected chi connectivity index (χ3v) is 3.92. The molecule has 18 heavy (non-hydrogen) atoms. The molecule has 1 aromatic heterocycles. The van der Waals surface area contributed by atoms with E-state index in [2.05, 4.69) is 34.4 Å². The zero-order chi connectivity index (χ0) is 13.1. The topological polar surface area (TPSA) is 66.9 Å². The molecule has 0 bridgehead atoms. The Kier molecular flexibility index (Phi) is 3.79. The van der Waals surface area contributed by atoms with E-state index in [1.54, 1.807) is 13.2 Å². The highest BCUT2D eigenvalue weighted by molar-refractivity contribution is 5.92. The molecular weight excluding hydrogens is 228 g/mol. The van der Waals surface area contributed by atoms with Crippen LogP contribution in [0.25, 0.3) is 0 Å². The number of nitrogens with one attached hydrogen (secondary N) is 2. The Labute approximate surface area is 107 Å². The summed E-state index contributed by atoms with van der Waals surface area (Å²) in [5.41, 5.74) is 0.376. The van der Waals surface area contributed by atoms with Crippen LogP contribution in [-0.2, 0) is 0 Å². The number of anilines is 1. The summed E-state index contributed by atoms with van der Waals surface area (Å²) >= 11 is 0. The molecule has 0 spiro atoms. The van der Waals surface area contributed by atoms with E-state index in [-0.39, 0.29) is 11.9 Å². The van der Waals surface area contributed by atoms with Gasteiger partial charge in [0, 0.05) is 13.1 Å². The quantitative estimate of drug-likeness (QED) is 0.854. The fourth-order valence-electron chi connectivity index (χ4n) is 2.39. The number of amides is 1. The van der Waals surface area contributed by atoms with Crippen LogP contribution in [0.1, 0.15) is 37.2 Å². The standard InChI is InChI=1S/C13H20N4O/c1-8-4-5-10(9(8)2)17-13(18)11-6-16-12(14-3)7-15-11/h6-10H,4-5H2,1-3H3,(H,14,16)(H,17,18). The average molecular weight is 248 g/mol. The Morgan fingerprint density at radius 3 is 2.56 bits per heavy atom. The summed E-state index contributed by atoms with van der Waals surface area (Å²) in [5, 5.41) is 5.92. The number of hydrogen-bond donors (Lipinski definition) is 2. The van der Waals surface area contributed by atoms with E-state index in [4.69, 9.17) is 0 Å². The summed E-state index contributed by atoms with van der Waals surface area (Å²) in [4.78, 5) is 20.2. The van der Waals surface area contributed by atoms with E-state index in [1.165, 1.54) is 12.6 Å². The van der Waals surface area contributed by atoms with Gasteiger partial charge in [0.2, 0.25) is 0 Å². The fraction of sp³-hybridized carbons (Fsp3) is 0.615. The first-order valence-electron chi connectivity index (χ1n) is 6.42. The SMILES string of the molecule is CNc1cnc(C(=O)NC2CCC(C)C2C)cn1. The van der Waals surface area contributed by atoms with Crippen LogP contribution in [0.3, 0.4) is 0 Å². The minimum atomic E-state index is -0.129. The first-order chi connectivity index (χ1) is 8.61. The minimum Gasteiger partial charge on any atom is -0.372 e. The first-order valence-corrected chi connectivity index (χ1v) is 6.42. The van der Waals surface area contributed by atoms with Crippen LogP contribution in [0.2, 0.25) is 0 Å². The summed E-state index contributed by atoms with van der Waals surface area (Å²) < 4.78 is 0. The van der Waals surface area contributed by atoms with Crippen molar-refractivity contribution in [3.63, 3.8) is 0 Å². The van der Waals surface area contributed by atoms with Crippen LogP contribution in [0.5, 0.6) is 0 Å². The van der Waals surface area contributed by atoms with E-state index in [0.29, 0.717) is 23.3 Å². The maximum atomic E-state index is 12.0. The molecule has 1 aromatic rings. The van der Waals surface area contributed by atoms with Crippen LogP contribution in [-0.4, -0.2) is 29.0 Å². The molecule has 98 valence electrons. The molecule has 2 rings (SSSR count). The Morgan fingerprint density at radius 1 is 1.28 bits per heavy atom. The Hall–Kier alpha value is -1.65. The van der Waals surface area contributed by atoms with Crippen molar-refractivity contribution in [2.45, 2.75) is 32.7 Å². The van der Waals surface area contributed by atoms with E-state index in [9.17, 15) is 4.79 Å². The van der Waals surface area contributed by atoms with Crippen LogP contribution in [0.15, 0.2) is 12.4 Å². The summed E-state index contributed by atoms with van der Waals surface area (Å²) in [6.07, 6.45) is 5.30. The largest absolute Gasteiger partial charge is 0.372 e. The molecule has 3 atom stereocenters. The van der Waals surface area contributed by atoms with Crippen molar-refractivity contribution < 1.29 is 4.79 Å². The van der Waals surface area contributed by atoms with E-state index in [0.717, 1.165) is 6.42 Å². The van der Waals surface area contributed by atoms with Gasteiger partial charge in [-0.25, -0.2) is 9.97 Å². The van der Waals surface area contributed by atoms with Crippen LogP contribution in [0.4, 0.5) is 5.82 Å². The molecule has 0 saturated heterocycles. The van der Waals surface area contributed by atoms with Gasteiger partial charge in [0.25, 0.3) is 5.91 Å². The Balaban J connectivity index is 1.99. The van der Waals surface area contributed by atoms with Gasteiger partial charge in [-0.05, 0) is 24.7 Å². The molecule has 1 heterocycles. The molecular formula is C13H20N4O. The maximum Gasteiger partial charge on any atom is 0.271 e. The normalized spacial score (nSPS) is 26.9. The second-order valence-electron chi connectivity index (χ2n) is 5.03. The lowest BCUT2D eigenvalue weighted by Gasteiger charge is -2.19. The highest BCUT2D eigenvalue weighted by Crippen LogP contribution is 2.31. The Morgan fingerprint density at radius 2 is 2.06 bits per heavy atom. The number of carbonyl (C=O) groups is 1. The molecule has 0 aliphatic heterocycles. The minimum absolute atomic E-state index is 0.129. The number of nitrogens with zero attached hydrogens (tertiary/aromatic N) is 2. The predicted octanol–water partition coefficient (Wildman–Crippen LogP) is 1.68. The molecule has 1 aliphatic rings. The van der Waals surface area contributed by atoms with E-state index in [1.807, 2.05) is 0 Å². The lowest BCUT2D eigenvalue weighted by molar-refractivity contribution is 0.0922. The lowest BCUT2D eigenvalue weighted by atomic mass is 9.98. The third-order valence-electron chi connectivity index (χ3n) is 3.92. The van der Waals surface area contributed by atoms with Gasteiger partial charge in [-0.15, -0.1) is 0 Å². The smallest absolute Gasteiger partial charge is 0.271 e. The van der Waals surface area contributed by atoms with E-state index < -0.39 is 0 Å². The monoisotopic (exact) mass is 248 g/mol. The Bertz CT molecular complexity index is 418. The highest BCUT2D eigenvalue weighted by Gasteiger charge is 2.31. The average Bonchev–Trinajstić information content (AvgIpc) is 2.71. The molecule has 1 amide bonds. The second kappa shape index (κ2) is 5.33. The molecule has 1 aliphatic carbocycles. The van der Waals surface area contributed by atoms with Gasteiger partial charge in [0.1, 0.15) is 11.5 Å². The molecule has 0 radical (unpaired) electrons. The summed E-state index contributed by atoms with van der Waals surface area (Å²) in [6, 6.07) is 0.262. The molecule has 2 N–H and O–H groups in total. The van der Waals surface area contributed by atoms with Gasteiger partial charge >= 0.3 is 0 Å². The van der Waals surface area contributed by atoms with Crippen LogP contribution >= 0.6 is 0 Å². The van der Waals surface area contributed by atoms with Crippen LogP contribution < -0.4 is 10.6 Å². The number of aromatic nitrogens is 2. The number of hydrogen-bond acceptors (Lipinski definition) is 4. The molecule has 0 aromatic carbocycles. The van der Waals surface area contributed by atoms with Crippen molar-refractivity contribution >= 4 is 11.7 Å². The van der Waals surface area contributed by atoms with Crippen molar-refractivity contribution in [1.82, 2.24) is 15.3 Å². The summed E-state index contributed by atoms with van der Waals surface area (Å²) in [6.45, 7) is 4.43. The van der Waals surface area contributed by atoms with Crippen molar-refractivity contribution in [2.75, 3.05) is 12.4 Å². The molecule has 5 nitrogen and oxygen atoms in total. The van der Waals surface area contributed by atoms with Crippen molar-refractivity contribution in [1.29, 1.82) is 0 Å². The summed E-state index contributed by atoms with van der Waals surface area (Å²) in [7, 11) is 1.77. The third kappa shape index (κ3) is 2.60. The van der Waals surface area contributed by atoms with Gasteiger partial charge in [-0.3, -0.25) is 4.79 Å². The predicted molar refractivity (Wildman–Crippen MR) is 70.4 cm³/mol. The molecule has 1 saturated carbocycles. The zero-order valence-corrected chi connectivity index (χ0v) is 11.1. The van der Waals surface area contributed by atoms with Crippen LogP contribution in [0, 0.1) is 11.8 Å². The fourth-order valence-corrected chi connectivity index (χ4v) is 2.39. The molecule has 5 heteroatoms. The first kappa shape index (κ1) is 12.8. The highest BCUT2D eigenvalue weighted by atomic mass is 16.1. The lowest BCUT2D eigenvalue weighted by Crippen LogP contribution is -2.37. The van der Waals surface area contributed by atoms with Gasteiger partial charge in [0.15, 0.2) is 0 Å². The maximum absolute atomic E-state index is 12.0. The van der Waals surface area contributed by atoms with Gasteiger partial charge in [-0.1, -0.05) is 13.8 Å². The van der Waals surface area contributed by atoms with Gasteiger partial charge < -0.3 is 10.6 Å².